The van der Waals surface area contributed by atoms with Gasteiger partial charge in [0.15, 0.2) is 0 Å². The van der Waals surface area contributed by atoms with E-state index in [-0.39, 0.29) is 18.2 Å². The molecule has 2 rings (SSSR count). The average molecular weight is 263 g/mol. The second kappa shape index (κ2) is 6.35. The standard InChI is InChI=1S/C15H25N3O/c1-3-12(16)13-9-8-11(10-17-13)18(2)14-6-4-5-7-15(14)19/h8-10,12,14-15,19H,3-7,16H2,1-2H3/t12-,14?,15?/m0/s1. The van der Waals surface area contributed by atoms with Gasteiger partial charge in [0.25, 0.3) is 0 Å². The highest BCUT2D eigenvalue weighted by atomic mass is 16.3. The molecular formula is C15H25N3O. The molecule has 1 heterocycles. The molecule has 1 aliphatic rings. The molecule has 0 aliphatic heterocycles. The first-order valence-electron chi connectivity index (χ1n) is 7.26. The van der Waals surface area contributed by atoms with Crippen LogP contribution in [-0.4, -0.2) is 29.3 Å². The van der Waals surface area contributed by atoms with E-state index in [0.717, 1.165) is 37.1 Å². The van der Waals surface area contributed by atoms with Crippen LogP contribution in [0.25, 0.3) is 0 Å². The van der Waals surface area contributed by atoms with Crippen molar-refractivity contribution >= 4 is 5.69 Å². The van der Waals surface area contributed by atoms with E-state index in [1.165, 1.54) is 6.42 Å². The first kappa shape index (κ1) is 14.3. The molecule has 106 valence electrons. The first-order chi connectivity index (χ1) is 9.13. The number of hydrogen-bond acceptors (Lipinski definition) is 4. The lowest BCUT2D eigenvalue weighted by Crippen LogP contribution is -2.43. The lowest BCUT2D eigenvalue weighted by Gasteiger charge is -2.36. The SMILES string of the molecule is CC[C@H](N)c1ccc(N(C)C2CCCCC2O)cn1. The number of aliphatic hydroxyl groups excluding tert-OH is 1. The summed E-state index contributed by atoms with van der Waals surface area (Å²) in [6.07, 6.45) is 6.81. The minimum atomic E-state index is -0.226. The minimum Gasteiger partial charge on any atom is -0.391 e. The molecule has 1 fully saturated rings. The second-order valence-corrected chi connectivity index (χ2v) is 5.49. The molecule has 19 heavy (non-hydrogen) atoms. The molecule has 2 unspecified atom stereocenters. The summed E-state index contributed by atoms with van der Waals surface area (Å²) in [5.74, 6) is 0. The van der Waals surface area contributed by atoms with E-state index >= 15 is 0 Å². The Morgan fingerprint density at radius 1 is 1.42 bits per heavy atom. The highest BCUT2D eigenvalue weighted by Gasteiger charge is 2.26. The molecule has 0 saturated heterocycles. The molecule has 1 aromatic rings. The van der Waals surface area contributed by atoms with Crippen molar-refractivity contribution in [3.63, 3.8) is 0 Å². The van der Waals surface area contributed by atoms with Crippen LogP contribution < -0.4 is 10.6 Å². The summed E-state index contributed by atoms with van der Waals surface area (Å²) < 4.78 is 0. The largest absolute Gasteiger partial charge is 0.391 e. The van der Waals surface area contributed by atoms with Gasteiger partial charge >= 0.3 is 0 Å². The van der Waals surface area contributed by atoms with Crippen molar-refractivity contribution in [1.82, 2.24) is 4.98 Å². The summed E-state index contributed by atoms with van der Waals surface area (Å²) >= 11 is 0. The molecule has 0 bridgehead atoms. The van der Waals surface area contributed by atoms with E-state index < -0.39 is 0 Å². The highest BCUT2D eigenvalue weighted by molar-refractivity contribution is 5.45. The van der Waals surface area contributed by atoms with E-state index in [1.54, 1.807) is 0 Å². The van der Waals surface area contributed by atoms with E-state index in [1.807, 2.05) is 19.3 Å². The maximum absolute atomic E-state index is 10.1. The fourth-order valence-corrected chi connectivity index (χ4v) is 2.77. The number of anilines is 1. The molecule has 1 aromatic heterocycles. The monoisotopic (exact) mass is 263 g/mol. The minimum absolute atomic E-state index is 0.0135. The molecule has 1 saturated carbocycles. The van der Waals surface area contributed by atoms with Crippen molar-refractivity contribution < 1.29 is 5.11 Å². The quantitative estimate of drug-likeness (QED) is 0.874. The molecule has 0 aromatic carbocycles. The zero-order chi connectivity index (χ0) is 13.8. The van der Waals surface area contributed by atoms with Crippen LogP contribution in [0.5, 0.6) is 0 Å². The predicted molar refractivity (Wildman–Crippen MR) is 78.1 cm³/mol. The number of pyridine rings is 1. The Balaban J connectivity index is 2.08. The van der Waals surface area contributed by atoms with Crippen molar-refractivity contribution in [3.8, 4) is 0 Å². The second-order valence-electron chi connectivity index (χ2n) is 5.49. The van der Waals surface area contributed by atoms with Gasteiger partial charge in [-0.25, -0.2) is 0 Å². The van der Waals surface area contributed by atoms with Crippen molar-refractivity contribution in [3.05, 3.63) is 24.0 Å². The van der Waals surface area contributed by atoms with Gasteiger partial charge in [0.2, 0.25) is 0 Å². The summed E-state index contributed by atoms with van der Waals surface area (Å²) in [5.41, 5.74) is 7.96. The lowest BCUT2D eigenvalue weighted by molar-refractivity contribution is 0.106. The maximum atomic E-state index is 10.1. The molecule has 3 atom stereocenters. The number of aliphatic hydroxyl groups is 1. The third kappa shape index (κ3) is 3.25. The van der Waals surface area contributed by atoms with Gasteiger partial charge in [-0.15, -0.1) is 0 Å². The number of aromatic nitrogens is 1. The summed E-state index contributed by atoms with van der Waals surface area (Å²) in [6, 6.07) is 4.27. The summed E-state index contributed by atoms with van der Waals surface area (Å²) in [6.45, 7) is 2.06. The van der Waals surface area contributed by atoms with Crippen molar-refractivity contribution in [1.29, 1.82) is 0 Å². The van der Waals surface area contributed by atoms with Gasteiger partial charge in [-0.2, -0.15) is 0 Å². The Morgan fingerprint density at radius 3 is 2.74 bits per heavy atom. The summed E-state index contributed by atoms with van der Waals surface area (Å²) in [7, 11) is 2.04. The molecule has 0 amide bonds. The smallest absolute Gasteiger partial charge is 0.0743 e. The van der Waals surface area contributed by atoms with E-state index in [2.05, 4.69) is 22.9 Å². The number of likely N-dealkylation sites (N-methyl/N-ethyl adjacent to an activating group) is 1. The first-order valence-corrected chi connectivity index (χ1v) is 7.26. The Hall–Kier alpha value is -1.13. The van der Waals surface area contributed by atoms with Crippen LogP contribution in [0, 0.1) is 0 Å². The number of rotatable bonds is 4. The Labute approximate surface area is 115 Å². The fraction of sp³-hybridized carbons (Fsp3) is 0.667. The van der Waals surface area contributed by atoms with Crippen LogP contribution in [0.4, 0.5) is 5.69 Å². The van der Waals surface area contributed by atoms with E-state index in [0.29, 0.717) is 0 Å². The Kier molecular flexibility index (Phi) is 4.77. The third-order valence-corrected chi connectivity index (χ3v) is 4.19. The van der Waals surface area contributed by atoms with Crippen LogP contribution in [0.15, 0.2) is 18.3 Å². The molecule has 0 radical (unpaired) electrons. The van der Waals surface area contributed by atoms with Crippen LogP contribution in [0.1, 0.15) is 50.8 Å². The van der Waals surface area contributed by atoms with Gasteiger partial charge in [-0.1, -0.05) is 19.8 Å². The predicted octanol–water partition coefficient (Wildman–Crippen LogP) is 2.23. The lowest BCUT2D eigenvalue weighted by atomic mass is 9.91. The highest BCUT2D eigenvalue weighted by Crippen LogP contribution is 2.26. The molecule has 4 nitrogen and oxygen atoms in total. The number of hydrogen-bond donors (Lipinski definition) is 2. The molecule has 4 heteroatoms. The van der Waals surface area contributed by atoms with Crippen LogP contribution in [0.2, 0.25) is 0 Å². The zero-order valence-electron chi connectivity index (χ0n) is 11.9. The zero-order valence-corrected chi connectivity index (χ0v) is 11.9. The fourth-order valence-electron chi connectivity index (χ4n) is 2.77. The molecule has 0 spiro atoms. The van der Waals surface area contributed by atoms with Crippen LogP contribution in [-0.2, 0) is 0 Å². The van der Waals surface area contributed by atoms with Gasteiger partial charge in [-0.05, 0) is 31.4 Å². The van der Waals surface area contributed by atoms with Crippen molar-refractivity contribution in [2.75, 3.05) is 11.9 Å². The van der Waals surface area contributed by atoms with Gasteiger partial charge in [0.1, 0.15) is 0 Å². The van der Waals surface area contributed by atoms with Gasteiger partial charge < -0.3 is 15.7 Å². The summed E-state index contributed by atoms with van der Waals surface area (Å²) in [4.78, 5) is 6.59. The van der Waals surface area contributed by atoms with E-state index in [9.17, 15) is 5.11 Å². The summed E-state index contributed by atoms with van der Waals surface area (Å²) in [5, 5.41) is 10.1. The molecule has 1 aliphatic carbocycles. The van der Waals surface area contributed by atoms with Gasteiger partial charge in [-0.3, -0.25) is 4.98 Å². The van der Waals surface area contributed by atoms with Gasteiger partial charge in [0, 0.05) is 13.1 Å². The topological polar surface area (TPSA) is 62.4 Å². The normalized spacial score (nSPS) is 25.1. The Bertz CT molecular complexity index is 393. The number of nitrogens with zero attached hydrogens (tertiary/aromatic N) is 2. The molecular weight excluding hydrogens is 238 g/mol. The van der Waals surface area contributed by atoms with Crippen molar-refractivity contribution in [2.45, 2.75) is 57.2 Å². The van der Waals surface area contributed by atoms with Crippen LogP contribution in [0.3, 0.4) is 0 Å². The van der Waals surface area contributed by atoms with Crippen LogP contribution >= 0.6 is 0 Å². The average Bonchev–Trinajstić information content (AvgIpc) is 2.46. The molecule has 3 N–H and O–H groups in total. The van der Waals surface area contributed by atoms with Crippen molar-refractivity contribution in [2.24, 2.45) is 5.73 Å². The van der Waals surface area contributed by atoms with Gasteiger partial charge in [0.05, 0.1) is 29.7 Å². The maximum Gasteiger partial charge on any atom is 0.0743 e. The Morgan fingerprint density at radius 2 is 2.16 bits per heavy atom. The number of nitrogens with two attached hydrogens (primary N) is 1. The third-order valence-electron chi connectivity index (χ3n) is 4.19. The van der Waals surface area contributed by atoms with E-state index in [4.69, 9.17) is 5.73 Å².